The van der Waals surface area contributed by atoms with E-state index in [1.807, 2.05) is 6.92 Å². The molecule has 3 rings (SSSR count). The van der Waals surface area contributed by atoms with Crippen LogP contribution in [-0.2, 0) is 38.9 Å². The summed E-state index contributed by atoms with van der Waals surface area (Å²) in [6.07, 6.45) is 3.38. The van der Waals surface area contributed by atoms with E-state index < -0.39 is 16.0 Å². The average molecular weight is 507 g/mol. The lowest BCUT2D eigenvalue weighted by molar-refractivity contribution is 0.0500. The Morgan fingerprint density at radius 1 is 1.20 bits per heavy atom. The average Bonchev–Trinajstić information content (AvgIpc) is 3.18. The highest BCUT2D eigenvalue weighted by Crippen LogP contribution is 2.20. The van der Waals surface area contributed by atoms with Crippen molar-refractivity contribution in [3.63, 3.8) is 0 Å². The molecule has 0 bridgehead atoms. The van der Waals surface area contributed by atoms with Gasteiger partial charge in [0.2, 0.25) is 10.0 Å². The molecule has 1 aromatic carbocycles. The van der Waals surface area contributed by atoms with E-state index in [0.29, 0.717) is 51.3 Å². The molecule has 35 heavy (non-hydrogen) atoms. The first-order valence-corrected chi connectivity index (χ1v) is 13.3. The van der Waals surface area contributed by atoms with Gasteiger partial charge in [-0.05, 0) is 63.3 Å². The number of fused-ring (bicyclic) bond motifs is 1. The Hall–Kier alpha value is -2.76. The van der Waals surface area contributed by atoms with E-state index in [9.17, 15) is 18.0 Å². The molecule has 2 aromatic rings. The molecule has 10 nitrogen and oxygen atoms in total. The van der Waals surface area contributed by atoms with Crippen LogP contribution in [0.1, 0.15) is 58.3 Å². The van der Waals surface area contributed by atoms with Crippen LogP contribution < -0.4 is 5.32 Å². The number of aromatic nitrogens is 2. The topological polar surface area (TPSA) is 120 Å². The second-order valence-corrected chi connectivity index (χ2v) is 10.6. The zero-order valence-corrected chi connectivity index (χ0v) is 21.4. The second-order valence-electron chi connectivity index (χ2n) is 8.47. The fraction of sp³-hybridized carbons (Fsp3) is 0.542. The van der Waals surface area contributed by atoms with E-state index in [1.165, 1.54) is 38.4 Å². The summed E-state index contributed by atoms with van der Waals surface area (Å²) in [4.78, 5) is 25.3. The van der Waals surface area contributed by atoms with Gasteiger partial charge in [-0.2, -0.15) is 5.10 Å². The molecule has 11 heteroatoms. The van der Waals surface area contributed by atoms with Gasteiger partial charge in [0, 0.05) is 46.0 Å². The van der Waals surface area contributed by atoms with Gasteiger partial charge < -0.3 is 14.8 Å². The van der Waals surface area contributed by atoms with Crippen LogP contribution in [0.15, 0.2) is 29.2 Å². The number of esters is 1. The Labute approximate surface area is 206 Å². The number of carbonyl (C=O) groups excluding carboxylic acids is 2. The highest BCUT2D eigenvalue weighted by molar-refractivity contribution is 7.89. The van der Waals surface area contributed by atoms with Gasteiger partial charge in [0.25, 0.3) is 5.91 Å². The number of nitrogens with zero attached hydrogens (tertiary/aromatic N) is 3. The number of amides is 1. The zero-order valence-electron chi connectivity index (χ0n) is 20.6. The standard InChI is InChI=1S/C24H34N4O6S/c1-4-28-22-20(8-5-15-33-16-7-14-25-23(22)29)21(26-28)9-6-17-34-24(30)18-10-12-19(13-11-18)35(31,32)27(2)3/h10-13H,4-9,14-17H2,1-3H3,(H,25,29). The molecule has 1 aliphatic rings. The SMILES string of the molecule is CCn1nc(CCCOC(=O)c2ccc(S(=O)(=O)N(C)C)cc2)c2c1C(=O)NCCCOCCC2. The molecule has 1 aliphatic heterocycles. The molecule has 192 valence electrons. The predicted molar refractivity (Wildman–Crippen MR) is 130 cm³/mol. The van der Waals surface area contributed by atoms with Crippen molar-refractivity contribution < 1.29 is 27.5 Å². The van der Waals surface area contributed by atoms with Crippen molar-refractivity contribution in [2.24, 2.45) is 0 Å². The fourth-order valence-electron chi connectivity index (χ4n) is 3.87. The van der Waals surface area contributed by atoms with Crippen LogP contribution in [-0.4, -0.2) is 74.8 Å². The summed E-state index contributed by atoms with van der Waals surface area (Å²) in [5, 5.41) is 7.62. The predicted octanol–water partition coefficient (Wildman–Crippen LogP) is 2.03. The highest BCUT2D eigenvalue weighted by Gasteiger charge is 2.23. The Morgan fingerprint density at radius 2 is 1.91 bits per heavy atom. The van der Waals surface area contributed by atoms with Crippen LogP contribution in [0.25, 0.3) is 0 Å². The number of hydrogen-bond acceptors (Lipinski definition) is 7. The third-order valence-corrected chi connectivity index (χ3v) is 7.60. The Bertz CT molecular complexity index is 1130. The summed E-state index contributed by atoms with van der Waals surface area (Å²) in [6, 6.07) is 5.67. The number of hydrogen-bond donors (Lipinski definition) is 1. The molecule has 0 radical (unpaired) electrons. The van der Waals surface area contributed by atoms with Crippen molar-refractivity contribution >= 4 is 21.9 Å². The molecule has 1 aromatic heterocycles. The Kier molecular flexibility index (Phi) is 9.41. The third-order valence-electron chi connectivity index (χ3n) is 5.77. The Morgan fingerprint density at radius 3 is 2.60 bits per heavy atom. The largest absolute Gasteiger partial charge is 0.462 e. The fourth-order valence-corrected chi connectivity index (χ4v) is 4.77. The van der Waals surface area contributed by atoms with Crippen molar-refractivity contribution in [3.8, 4) is 0 Å². The number of ether oxygens (including phenoxy) is 2. The molecule has 0 unspecified atom stereocenters. The molecule has 2 heterocycles. The van der Waals surface area contributed by atoms with Crippen LogP contribution in [0.5, 0.6) is 0 Å². The lowest BCUT2D eigenvalue weighted by Crippen LogP contribution is -2.28. The van der Waals surface area contributed by atoms with Crippen molar-refractivity contribution in [3.05, 3.63) is 46.8 Å². The Balaban J connectivity index is 1.62. The van der Waals surface area contributed by atoms with E-state index in [2.05, 4.69) is 10.4 Å². The van der Waals surface area contributed by atoms with Gasteiger partial charge in [-0.1, -0.05) is 0 Å². The monoisotopic (exact) mass is 506 g/mol. The molecule has 1 N–H and O–H groups in total. The van der Waals surface area contributed by atoms with Gasteiger partial charge in [-0.15, -0.1) is 0 Å². The van der Waals surface area contributed by atoms with E-state index in [-0.39, 0.29) is 23.0 Å². The quantitative estimate of drug-likeness (QED) is 0.430. The smallest absolute Gasteiger partial charge is 0.338 e. The molecule has 0 atom stereocenters. The first-order chi connectivity index (χ1) is 16.8. The summed E-state index contributed by atoms with van der Waals surface area (Å²) in [6.45, 7) is 4.54. The third kappa shape index (κ3) is 6.68. The number of benzene rings is 1. The molecular formula is C24H34N4O6S. The van der Waals surface area contributed by atoms with Crippen LogP contribution in [0.2, 0.25) is 0 Å². The molecule has 0 fully saturated rings. The second kappa shape index (κ2) is 12.3. The van der Waals surface area contributed by atoms with Crippen LogP contribution in [0, 0.1) is 0 Å². The number of rotatable bonds is 8. The van der Waals surface area contributed by atoms with Gasteiger partial charge in [0.15, 0.2) is 0 Å². The zero-order chi connectivity index (χ0) is 25.4. The van der Waals surface area contributed by atoms with Crippen molar-refractivity contribution in [2.45, 2.75) is 50.5 Å². The number of carbonyl (C=O) groups is 2. The van der Waals surface area contributed by atoms with Crippen molar-refractivity contribution in [1.82, 2.24) is 19.4 Å². The van der Waals surface area contributed by atoms with Gasteiger partial charge in [-0.25, -0.2) is 17.5 Å². The molecular weight excluding hydrogens is 472 g/mol. The minimum absolute atomic E-state index is 0.110. The number of aryl methyl sites for hydroxylation is 2. The molecule has 0 saturated carbocycles. The lowest BCUT2D eigenvalue weighted by Gasteiger charge is -2.11. The minimum Gasteiger partial charge on any atom is -0.462 e. The lowest BCUT2D eigenvalue weighted by atomic mass is 10.0. The number of nitrogens with one attached hydrogen (secondary N) is 1. The van der Waals surface area contributed by atoms with Crippen LogP contribution in [0.3, 0.4) is 0 Å². The van der Waals surface area contributed by atoms with E-state index in [4.69, 9.17) is 9.47 Å². The highest BCUT2D eigenvalue weighted by atomic mass is 32.2. The van der Waals surface area contributed by atoms with Crippen molar-refractivity contribution in [2.75, 3.05) is 40.5 Å². The molecule has 0 saturated heterocycles. The van der Waals surface area contributed by atoms with E-state index >= 15 is 0 Å². The van der Waals surface area contributed by atoms with Gasteiger partial charge in [0.05, 0.1) is 22.8 Å². The summed E-state index contributed by atoms with van der Waals surface area (Å²) < 4.78 is 38.2. The molecule has 1 amide bonds. The minimum atomic E-state index is -3.56. The van der Waals surface area contributed by atoms with E-state index in [0.717, 1.165) is 28.4 Å². The maximum absolute atomic E-state index is 12.8. The maximum atomic E-state index is 12.8. The van der Waals surface area contributed by atoms with Crippen LogP contribution >= 0.6 is 0 Å². The van der Waals surface area contributed by atoms with Crippen LogP contribution in [0.4, 0.5) is 0 Å². The van der Waals surface area contributed by atoms with Gasteiger partial charge >= 0.3 is 5.97 Å². The maximum Gasteiger partial charge on any atom is 0.338 e. The normalized spacial score (nSPS) is 15.3. The van der Waals surface area contributed by atoms with E-state index in [1.54, 1.807) is 4.68 Å². The van der Waals surface area contributed by atoms with Gasteiger partial charge in [-0.3, -0.25) is 9.48 Å². The first kappa shape index (κ1) is 26.8. The van der Waals surface area contributed by atoms with Gasteiger partial charge in [0.1, 0.15) is 5.69 Å². The molecule has 0 aliphatic carbocycles. The summed E-state index contributed by atoms with van der Waals surface area (Å²) in [5.74, 6) is -0.637. The van der Waals surface area contributed by atoms with Crippen molar-refractivity contribution in [1.29, 1.82) is 0 Å². The first-order valence-electron chi connectivity index (χ1n) is 11.9. The summed E-state index contributed by atoms with van der Waals surface area (Å²) in [7, 11) is -0.657. The summed E-state index contributed by atoms with van der Waals surface area (Å²) >= 11 is 0. The summed E-state index contributed by atoms with van der Waals surface area (Å²) in [5.41, 5.74) is 2.65. The number of sulfonamides is 1. The molecule has 0 spiro atoms.